The summed E-state index contributed by atoms with van der Waals surface area (Å²) in [7, 11) is 0. The van der Waals surface area contributed by atoms with Crippen LogP contribution in [0.4, 0.5) is 5.82 Å². The number of amides is 2. The topological polar surface area (TPSA) is 56.8 Å². The van der Waals surface area contributed by atoms with Crippen molar-refractivity contribution in [2.75, 3.05) is 44.2 Å². The molecule has 0 unspecified atom stereocenters. The highest BCUT2D eigenvalue weighted by Crippen LogP contribution is 2.58. The largest absolute Gasteiger partial charge is 0.353 e. The molecule has 7 rings (SSSR count). The van der Waals surface area contributed by atoms with Crippen LogP contribution in [0.15, 0.2) is 36.4 Å². The van der Waals surface area contributed by atoms with Crippen molar-refractivity contribution >= 4 is 39.3 Å². The number of likely N-dealkylation sites (tertiary alicyclic amines) is 1. The first-order chi connectivity index (χ1) is 17.6. The fourth-order valence-corrected chi connectivity index (χ4v) is 8.98. The van der Waals surface area contributed by atoms with Crippen LogP contribution < -0.4 is 4.90 Å². The van der Waals surface area contributed by atoms with Crippen LogP contribution in [0.5, 0.6) is 0 Å². The molecule has 2 bridgehead atoms. The number of piperazine rings is 1. The van der Waals surface area contributed by atoms with Gasteiger partial charge in [-0.1, -0.05) is 37.1 Å². The summed E-state index contributed by atoms with van der Waals surface area (Å²) < 4.78 is 6.02. The molecule has 3 saturated carbocycles. The molecule has 7 heteroatoms. The molecule has 6 atom stereocenters. The lowest BCUT2D eigenvalue weighted by Crippen LogP contribution is -2.49. The Morgan fingerprint density at radius 3 is 2.47 bits per heavy atom. The molecule has 2 saturated heterocycles. The molecule has 2 aliphatic heterocycles. The summed E-state index contributed by atoms with van der Waals surface area (Å²) in [4.78, 5) is 33.5. The Labute approximate surface area is 217 Å². The highest BCUT2D eigenvalue weighted by molar-refractivity contribution is 7.13. The van der Waals surface area contributed by atoms with Crippen molar-refractivity contribution in [3.63, 3.8) is 0 Å². The second-order valence-electron chi connectivity index (χ2n) is 11.9. The molecular formula is C29H36N4O2S. The van der Waals surface area contributed by atoms with Crippen LogP contribution >= 0.6 is 11.5 Å². The first-order valence-electron chi connectivity index (χ1n) is 13.9. The van der Waals surface area contributed by atoms with Gasteiger partial charge in [-0.3, -0.25) is 19.4 Å². The van der Waals surface area contributed by atoms with Crippen LogP contribution in [0.3, 0.4) is 0 Å². The van der Waals surface area contributed by atoms with Gasteiger partial charge >= 0.3 is 0 Å². The van der Waals surface area contributed by atoms with E-state index in [1.165, 1.54) is 34.9 Å². The predicted molar refractivity (Wildman–Crippen MR) is 143 cm³/mol. The molecule has 0 spiro atoms. The Morgan fingerprint density at radius 2 is 1.67 bits per heavy atom. The summed E-state index contributed by atoms with van der Waals surface area (Å²) in [5.74, 6) is 2.87. The van der Waals surface area contributed by atoms with Crippen LogP contribution in [-0.4, -0.2) is 65.3 Å². The first-order valence-corrected chi connectivity index (χ1v) is 14.7. The summed E-state index contributed by atoms with van der Waals surface area (Å²) in [6, 6.07) is 8.52. The summed E-state index contributed by atoms with van der Waals surface area (Å²) in [5, 5.41) is 1.27. The molecule has 3 aliphatic carbocycles. The number of rotatable bonds is 5. The van der Waals surface area contributed by atoms with Gasteiger partial charge in [-0.25, -0.2) is 0 Å². The SMILES string of the molecule is C=C1C[C@@H]2C[C@H]1[C@H]1C(=O)N(C[C@@H]3CCCC[C@H]3CN3CCN(c4nsc5ccccc45)CC3)C(=O)[C@@H]21. The van der Waals surface area contributed by atoms with E-state index >= 15 is 0 Å². The van der Waals surface area contributed by atoms with Gasteiger partial charge in [0.1, 0.15) is 5.82 Å². The van der Waals surface area contributed by atoms with Crippen molar-refractivity contribution in [1.82, 2.24) is 14.2 Å². The van der Waals surface area contributed by atoms with Gasteiger partial charge < -0.3 is 4.90 Å². The highest BCUT2D eigenvalue weighted by Gasteiger charge is 2.62. The third-order valence-electron chi connectivity index (χ3n) is 10.0. The number of nitrogens with zero attached hydrogens (tertiary/aromatic N) is 4. The fourth-order valence-electron chi connectivity index (χ4n) is 8.19. The summed E-state index contributed by atoms with van der Waals surface area (Å²) in [6.07, 6.45) is 6.80. The molecular weight excluding hydrogens is 468 g/mol. The maximum Gasteiger partial charge on any atom is 0.233 e. The van der Waals surface area contributed by atoms with Crippen LogP contribution in [0.25, 0.3) is 10.1 Å². The minimum Gasteiger partial charge on any atom is -0.353 e. The summed E-state index contributed by atoms with van der Waals surface area (Å²) >= 11 is 1.59. The van der Waals surface area contributed by atoms with Gasteiger partial charge in [0.25, 0.3) is 0 Å². The quantitative estimate of drug-likeness (QED) is 0.446. The highest BCUT2D eigenvalue weighted by atomic mass is 32.1. The molecule has 2 aromatic rings. The van der Waals surface area contributed by atoms with Crippen LogP contribution in [0.2, 0.25) is 0 Å². The Kier molecular flexibility index (Phi) is 5.69. The van der Waals surface area contributed by atoms with Crippen molar-refractivity contribution < 1.29 is 9.59 Å². The lowest BCUT2D eigenvalue weighted by atomic mass is 9.78. The molecule has 0 N–H and O–H groups in total. The number of carbonyl (C=O) groups excluding carboxylic acids is 2. The zero-order valence-electron chi connectivity index (χ0n) is 21.0. The Balaban J connectivity index is 0.990. The number of carbonyl (C=O) groups is 2. The fraction of sp³-hybridized carbons (Fsp3) is 0.621. The van der Waals surface area contributed by atoms with Crippen LogP contribution in [-0.2, 0) is 9.59 Å². The Hall–Kier alpha value is -2.25. The van der Waals surface area contributed by atoms with Gasteiger partial charge in [0.15, 0.2) is 0 Å². The van der Waals surface area contributed by atoms with E-state index < -0.39 is 0 Å². The van der Waals surface area contributed by atoms with Gasteiger partial charge in [0, 0.05) is 44.7 Å². The number of hydrogen-bond acceptors (Lipinski definition) is 6. The molecule has 1 aromatic heterocycles. The number of fused-ring (bicyclic) bond motifs is 6. The maximum atomic E-state index is 13.4. The van der Waals surface area contributed by atoms with Crippen molar-refractivity contribution in [3.05, 3.63) is 36.4 Å². The van der Waals surface area contributed by atoms with Gasteiger partial charge in [-0.15, -0.1) is 0 Å². The van der Waals surface area contributed by atoms with E-state index in [1.54, 1.807) is 16.4 Å². The third-order valence-corrected chi connectivity index (χ3v) is 10.9. The number of benzene rings is 1. The summed E-state index contributed by atoms with van der Waals surface area (Å²) in [5.41, 5.74) is 1.21. The van der Waals surface area contributed by atoms with Crippen molar-refractivity contribution in [2.24, 2.45) is 35.5 Å². The molecule has 5 fully saturated rings. The molecule has 6 nitrogen and oxygen atoms in total. The number of anilines is 1. The number of allylic oxidation sites excluding steroid dienone is 1. The number of hydrogen-bond donors (Lipinski definition) is 0. The monoisotopic (exact) mass is 504 g/mol. The molecule has 5 aliphatic rings. The predicted octanol–water partition coefficient (Wildman–Crippen LogP) is 4.42. The van der Waals surface area contributed by atoms with Gasteiger partial charge in [-0.05, 0) is 73.0 Å². The van der Waals surface area contributed by atoms with Crippen molar-refractivity contribution in [2.45, 2.75) is 38.5 Å². The van der Waals surface area contributed by atoms with Crippen LogP contribution in [0.1, 0.15) is 38.5 Å². The van der Waals surface area contributed by atoms with E-state index in [-0.39, 0.29) is 29.6 Å². The minimum atomic E-state index is -0.0966. The number of aromatic nitrogens is 1. The van der Waals surface area contributed by atoms with Gasteiger partial charge in [0.05, 0.1) is 16.5 Å². The smallest absolute Gasteiger partial charge is 0.233 e. The lowest BCUT2D eigenvalue weighted by Gasteiger charge is -2.40. The standard InChI is InChI=1S/C29H36N4O2S/c1-18-14-21-15-23(18)26-25(21)28(34)33(29(26)35)17-20-7-3-2-6-19(20)16-31-10-12-32(13-11-31)27-22-8-4-5-9-24(22)36-30-27/h4-5,8-9,19-21,23,25-26H,1-3,6-7,10-17H2/t19-,20-,21+,23+,25-,26+/m0/s1. The van der Waals surface area contributed by atoms with E-state index in [1.807, 2.05) is 0 Å². The third kappa shape index (κ3) is 3.65. The van der Waals surface area contributed by atoms with Gasteiger partial charge in [0.2, 0.25) is 11.8 Å². The normalized spacial score (nSPS) is 34.8. The molecule has 0 radical (unpaired) electrons. The van der Waals surface area contributed by atoms with Gasteiger partial charge in [-0.2, -0.15) is 4.37 Å². The van der Waals surface area contributed by atoms with E-state index in [0.29, 0.717) is 24.3 Å². The lowest BCUT2D eigenvalue weighted by molar-refractivity contribution is -0.142. The minimum absolute atomic E-state index is 0.0510. The number of imide groups is 1. The zero-order valence-corrected chi connectivity index (χ0v) is 21.8. The Bertz CT molecular complexity index is 1200. The van der Waals surface area contributed by atoms with E-state index in [4.69, 9.17) is 4.37 Å². The van der Waals surface area contributed by atoms with E-state index in [2.05, 4.69) is 40.6 Å². The second kappa shape index (κ2) is 8.95. The average molecular weight is 505 g/mol. The molecule has 1 aromatic carbocycles. The molecule has 36 heavy (non-hydrogen) atoms. The maximum absolute atomic E-state index is 13.4. The van der Waals surface area contributed by atoms with Crippen molar-refractivity contribution in [1.29, 1.82) is 0 Å². The van der Waals surface area contributed by atoms with Crippen LogP contribution in [0, 0.1) is 35.5 Å². The summed E-state index contributed by atoms with van der Waals surface area (Å²) in [6.45, 7) is 10.1. The van der Waals surface area contributed by atoms with E-state index in [0.717, 1.165) is 57.8 Å². The van der Waals surface area contributed by atoms with E-state index in [9.17, 15) is 9.59 Å². The van der Waals surface area contributed by atoms with Crippen molar-refractivity contribution in [3.8, 4) is 0 Å². The molecule has 190 valence electrons. The Morgan fingerprint density at radius 1 is 0.944 bits per heavy atom. The second-order valence-corrected chi connectivity index (χ2v) is 12.7. The zero-order chi connectivity index (χ0) is 24.4. The average Bonchev–Trinajstić information content (AvgIpc) is 3.64. The molecule has 2 amide bonds. The molecule has 3 heterocycles. The first kappa shape index (κ1) is 22.9.